The summed E-state index contributed by atoms with van der Waals surface area (Å²) in [5.74, 6) is -4.43. The molecule has 4 aliphatic rings. The molecule has 65 heavy (non-hydrogen) atoms. The number of aromatic hydroxyl groups is 2. The zero-order valence-electron chi connectivity index (χ0n) is 37.5. The van der Waals surface area contributed by atoms with Gasteiger partial charge in [0.2, 0.25) is 11.6 Å². The van der Waals surface area contributed by atoms with E-state index in [1.54, 1.807) is 51.2 Å². The quantitative estimate of drug-likeness (QED) is 0.114. The second-order valence-electron chi connectivity index (χ2n) is 16.1. The first kappa shape index (κ1) is 51.8. The Labute approximate surface area is 382 Å². The summed E-state index contributed by atoms with van der Waals surface area (Å²) >= 11 is 6.05. The van der Waals surface area contributed by atoms with Gasteiger partial charge in [0.15, 0.2) is 17.6 Å². The molecule has 17 nitrogen and oxygen atoms in total. The number of allylic oxidation sites excluding steroid dienone is 7. The molecule has 0 saturated carbocycles. The van der Waals surface area contributed by atoms with Crippen LogP contribution in [0.4, 0.5) is 4.79 Å². The molecular formula is C47H57ClN2O15. The molecule has 0 unspecified atom stereocenters. The van der Waals surface area contributed by atoms with Gasteiger partial charge in [-0.05, 0) is 51.2 Å². The SMILES string of the molecule is COC1=C2C[C@@H](C)C[C@H](OC)[C@H](O)[C@@H](C)/C=C(\C)[C@H](OC(N)=O)[C@@H](OC)/C=C\C=C(/C)C(=O)NC(=CC1=O)C2=O.C[C@@H]1C[C@H]2O[C@@H]2/C=C\C=C\C(=O)Cc2c(Cl)c(O)cc(O)c2C(=O)O1. The Hall–Kier alpha value is -5.85. The van der Waals surface area contributed by atoms with Crippen molar-refractivity contribution in [2.45, 2.75) is 103 Å². The van der Waals surface area contributed by atoms with Gasteiger partial charge in [0, 0.05) is 61.8 Å². The third-order valence-electron chi connectivity index (χ3n) is 11.0. The average molecular weight is 925 g/mol. The van der Waals surface area contributed by atoms with E-state index in [0.29, 0.717) is 18.4 Å². The Morgan fingerprint density at radius 1 is 0.954 bits per heavy atom. The Morgan fingerprint density at radius 3 is 2.31 bits per heavy atom. The number of methoxy groups -OCH3 is 3. The van der Waals surface area contributed by atoms with Crippen LogP contribution in [0.2, 0.25) is 5.02 Å². The van der Waals surface area contributed by atoms with E-state index >= 15 is 0 Å². The minimum Gasteiger partial charge on any atom is -0.507 e. The number of benzene rings is 1. The van der Waals surface area contributed by atoms with E-state index in [1.807, 2.05) is 13.0 Å². The van der Waals surface area contributed by atoms with Crippen LogP contribution in [0.3, 0.4) is 0 Å². The molecule has 9 atom stereocenters. The Balaban J connectivity index is 0.000000315. The van der Waals surface area contributed by atoms with Crippen LogP contribution in [0, 0.1) is 11.8 Å². The van der Waals surface area contributed by atoms with Crippen LogP contribution < -0.4 is 11.1 Å². The zero-order valence-corrected chi connectivity index (χ0v) is 38.2. The number of hydrogen-bond donors (Lipinski definition) is 5. The standard InChI is InChI=1S/C29H40N2O9.C18H17ClO6/c1-15-11-19-25(34)20(14-21(32)27(19)39-7)31-28(35)16(2)9-8-10-22(37-5)26(40-29(30)36)18(4)13-17(3)24(33)23(12-15)38-6;1-9-6-15-14(25-15)5-3-2-4-10(20)7-11-16(18(23)24-9)12(21)8-13(22)17(11)19/h8-10,13-15,17,22-24,26,33H,11-12H2,1-7H3,(H2,30,36)(H,31,35);2-5,8-9,14-15,21-22H,6-7H2,1H3/b10-8-,16-9+,18-13+;4-2+,5-3-/t15-,17+,22+,23+,24-,26+;9-,14-,15-/m11/s1. The van der Waals surface area contributed by atoms with Gasteiger partial charge >= 0.3 is 12.1 Å². The number of ether oxygens (including phenoxy) is 6. The number of primary amides is 1. The third-order valence-corrected chi connectivity index (χ3v) is 11.4. The fourth-order valence-corrected chi connectivity index (χ4v) is 7.78. The van der Waals surface area contributed by atoms with Crippen LogP contribution in [0.15, 0.2) is 88.9 Å². The Morgan fingerprint density at radius 2 is 1.66 bits per heavy atom. The average Bonchev–Trinajstić information content (AvgIpc) is 3.98. The van der Waals surface area contributed by atoms with Crippen molar-refractivity contribution in [2.75, 3.05) is 21.3 Å². The summed E-state index contributed by atoms with van der Waals surface area (Å²) in [7, 11) is 4.21. The second-order valence-corrected chi connectivity index (χ2v) is 16.5. The summed E-state index contributed by atoms with van der Waals surface area (Å²) in [4.78, 5) is 75.2. The number of halogens is 1. The number of nitrogens with one attached hydrogen (secondary N) is 1. The van der Waals surface area contributed by atoms with Crippen molar-refractivity contribution in [3.63, 3.8) is 0 Å². The lowest BCUT2D eigenvalue weighted by Crippen LogP contribution is -2.37. The lowest BCUT2D eigenvalue weighted by atomic mass is 9.85. The first-order chi connectivity index (χ1) is 30.7. The second kappa shape index (κ2) is 23.4. The van der Waals surface area contributed by atoms with Gasteiger partial charge in [-0.1, -0.05) is 68.0 Å². The minimum absolute atomic E-state index is 0.0348. The third kappa shape index (κ3) is 13.8. The number of Topliss-reactive ketones (excluding diaryl/α,β-unsaturated/α-hetero) is 1. The van der Waals surface area contributed by atoms with E-state index < -0.39 is 77.5 Å². The molecule has 1 aromatic carbocycles. The highest BCUT2D eigenvalue weighted by Crippen LogP contribution is 2.38. The summed E-state index contributed by atoms with van der Waals surface area (Å²) in [6, 6.07) is 0.958. The number of aliphatic hydroxyl groups excluding tert-OH is 1. The summed E-state index contributed by atoms with van der Waals surface area (Å²) in [6.07, 6.45) is 9.74. The number of esters is 1. The normalized spacial score (nSPS) is 31.3. The molecule has 3 aliphatic heterocycles. The maximum Gasteiger partial charge on any atom is 0.405 e. The van der Waals surface area contributed by atoms with E-state index in [4.69, 9.17) is 45.8 Å². The molecule has 18 heteroatoms. The van der Waals surface area contributed by atoms with Crippen LogP contribution in [0.25, 0.3) is 0 Å². The van der Waals surface area contributed by atoms with E-state index in [2.05, 4.69) is 5.32 Å². The van der Waals surface area contributed by atoms with Crippen molar-refractivity contribution in [2.24, 2.45) is 17.6 Å². The molecule has 0 spiro atoms. The molecular weight excluding hydrogens is 868 g/mol. The number of cyclic esters (lactones) is 1. The number of fused-ring (bicyclic) bond motifs is 4. The van der Waals surface area contributed by atoms with Crippen molar-refractivity contribution in [1.29, 1.82) is 0 Å². The van der Waals surface area contributed by atoms with E-state index in [0.717, 1.165) is 12.1 Å². The first-order valence-corrected chi connectivity index (χ1v) is 21.2. The number of hydrogen-bond acceptors (Lipinski definition) is 15. The number of carbonyl (C=O) groups is 6. The van der Waals surface area contributed by atoms with Gasteiger partial charge in [-0.2, -0.15) is 0 Å². The van der Waals surface area contributed by atoms with Crippen molar-refractivity contribution in [1.82, 2.24) is 5.32 Å². The number of ketones is 3. The van der Waals surface area contributed by atoms with Crippen LogP contribution in [-0.2, 0) is 54.0 Å². The smallest absolute Gasteiger partial charge is 0.405 e. The minimum atomic E-state index is -1.00. The van der Waals surface area contributed by atoms with Gasteiger partial charge in [0.05, 0.1) is 36.1 Å². The number of phenolic OH excluding ortho intramolecular Hbond substituents is 2. The van der Waals surface area contributed by atoms with E-state index in [9.17, 15) is 44.1 Å². The van der Waals surface area contributed by atoms with Gasteiger partial charge in [0.1, 0.15) is 35.4 Å². The predicted octanol–water partition coefficient (Wildman–Crippen LogP) is 5.10. The molecule has 6 N–H and O–H groups in total. The molecule has 1 saturated heterocycles. The van der Waals surface area contributed by atoms with Gasteiger partial charge in [0.25, 0.3) is 5.91 Å². The lowest BCUT2D eigenvalue weighted by molar-refractivity contribution is -0.120. The highest BCUT2D eigenvalue weighted by atomic mass is 35.5. The molecule has 0 aromatic heterocycles. The number of amides is 2. The lowest BCUT2D eigenvalue weighted by Gasteiger charge is -2.29. The van der Waals surface area contributed by atoms with Crippen molar-refractivity contribution in [3.8, 4) is 11.5 Å². The Bertz CT molecular complexity index is 2240. The van der Waals surface area contributed by atoms with Crippen LogP contribution >= 0.6 is 11.6 Å². The predicted molar refractivity (Wildman–Crippen MR) is 236 cm³/mol. The number of carbonyl (C=O) groups excluding carboxylic acids is 6. The van der Waals surface area contributed by atoms with E-state index in [-0.39, 0.29) is 75.5 Å². The summed E-state index contributed by atoms with van der Waals surface area (Å²) < 4.78 is 32.5. The highest BCUT2D eigenvalue weighted by Gasteiger charge is 2.39. The largest absolute Gasteiger partial charge is 0.507 e. The molecule has 1 fully saturated rings. The fourth-order valence-electron chi connectivity index (χ4n) is 7.56. The van der Waals surface area contributed by atoms with Crippen LogP contribution in [0.5, 0.6) is 11.5 Å². The van der Waals surface area contributed by atoms with Crippen LogP contribution in [0.1, 0.15) is 69.8 Å². The molecule has 2 amide bonds. The van der Waals surface area contributed by atoms with E-state index in [1.165, 1.54) is 40.4 Å². The maximum absolute atomic E-state index is 13.3. The number of phenols is 2. The number of rotatable bonds is 4. The van der Waals surface area contributed by atoms with Crippen molar-refractivity contribution in [3.05, 3.63) is 105 Å². The zero-order chi connectivity index (χ0) is 48.3. The molecule has 352 valence electrons. The molecule has 1 aliphatic carbocycles. The van der Waals surface area contributed by atoms with Gasteiger partial charge in [-0.3, -0.25) is 19.2 Å². The maximum atomic E-state index is 13.3. The van der Waals surface area contributed by atoms with Gasteiger partial charge in [-0.25, -0.2) is 9.59 Å². The number of epoxide rings is 1. The summed E-state index contributed by atoms with van der Waals surface area (Å²) in [5, 5.41) is 33.4. The number of aliphatic hydroxyl groups is 1. The molecule has 1 aromatic rings. The fraction of sp³-hybridized carbons (Fsp3) is 0.447. The molecule has 5 rings (SSSR count). The molecule has 2 bridgehead atoms. The first-order valence-electron chi connectivity index (χ1n) is 20.8. The van der Waals surface area contributed by atoms with Crippen molar-refractivity contribution >= 4 is 46.9 Å². The monoisotopic (exact) mass is 924 g/mol. The summed E-state index contributed by atoms with van der Waals surface area (Å²) in [6.45, 7) is 8.64. The summed E-state index contributed by atoms with van der Waals surface area (Å²) in [5.41, 5.74) is 5.95. The highest BCUT2D eigenvalue weighted by molar-refractivity contribution is 6.33. The van der Waals surface area contributed by atoms with Gasteiger partial charge in [-0.15, -0.1) is 0 Å². The van der Waals surface area contributed by atoms with Gasteiger partial charge < -0.3 is 54.8 Å². The Kier molecular flexibility index (Phi) is 18.6. The molecule has 3 heterocycles. The topological polar surface area (TPSA) is 260 Å². The van der Waals surface area contributed by atoms with Crippen molar-refractivity contribution < 1.29 is 72.5 Å². The molecule has 0 radical (unpaired) electrons. The number of nitrogens with two attached hydrogens (primary N) is 1. The van der Waals surface area contributed by atoms with Crippen LogP contribution in [-0.4, -0.2) is 115 Å².